The molecule has 96 valence electrons. The van der Waals surface area contributed by atoms with Crippen LogP contribution in [-0.4, -0.2) is 18.7 Å². The van der Waals surface area contributed by atoms with E-state index in [0.29, 0.717) is 12.8 Å². The Hall–Kier alpha value is -2.36. The van der Waals surface area contributed by atoms with E-state index in [1.807, 2.05) is 36.4 Å². The summed E-state index contributed by atoms with van der Waals surface area (Å²) >= 11 is 0. The number of carbonyl (C=O) groups is 1. The summed E-state index contributed by atoms with van der Waals surface area (Å²) in [7, 11) is 1.66. The fourth-order valence-electron chi connectivity index (χ4n) is 2.31. The molecule has 2 aromatic carbocycles. The first-order valence-electron chi connectivity index (χ1n) is 6.20. The molecule has 1 aliphatic rings. The lowest BCUT2D eigenvalue weighted by Crippen LogP contribution is -2.25. The summed E-state index contributed by atoms with van der Waals surface area (Å²) in [5, 5.41) is 6.39. The highest BCUT2D eigenvalue weighted by Gasteiger charge is 2.15. The molecule has 3 rings (SSSR count). The van der Waals surface area contributed by atoms with Crippen molar-refractivity contribution in [1.82, 2.24) is 5.43 Å². The van der Waals surface area contributed by atoms with E-state index in [4.69, 9.17) is 4.74 Å². The van der Waals surface area contributed by atoms with Crippen LogP contribution < -0.4 is 10.2 Å². The minimum absolute atomic E-state index is 0.0225. The Kier molecular flexibility index (Phi) is 2.91. The van der Waals surface area contributed by atoms with E-state index in [2.05, 4.69) is 10.5 Å². The zero-order chi connectivity index (χ0) is 13.2. The molecule has 0 aromatic heterocycles. The van der Waals surface area contributed by atoms with E-state index in [1.54, 1.807) is 7.11 Å². The third-order valence-corrected chi connectivity index (χ3v) is 3.30. The molecular weight excluding hydrogens is 240 g/mol. The topological polar surface area (TPSA) is 50.7 Å². The number of fused-ring (bicyclic) bond motifs is 1. The molecule has 1 N–H and O–H groups in total. The number of nitrogens with one attached hydrogen (secondary N) is 1. The van der Waals surface area contributed by atoms with Crippen molar-refractivity contribution in [3.63, 3.8) is 0 Å². The summed E-state index contributed by atoms with van der Waals surface area (Å²) in [5.74, 6) is 0.814. The Labute approximate surface area is 111 Å². The predicted octanol–water partition coefficient (Wildman–Crippen LogP) is 2.46. The standard InChI is InChI=1S/C15H14N2O2/c1-19-11-5-6-12-10(9-11)3-2-4-13(12)14-7-8-15(18)17-16-14/h2-6,9H,7-8H2,1H3,(H,17,18). The second-order valence-electron chi connectivity index (χ2n) is 4.49. The van der Waals surface area contributed by atoms with Crippen molar-refractivity contribution in [2.45, 2.75) is 12.8 Å². The fraction of sp³-hybridized carbons (Fsp3) is 0.200. The Morgan fingerprint density at radius 3 is 2.84 bits per heavy atom. The number of hydrogen-bond donors (Lipinski definition) is 1. The number of amides is 1. The van der Waals surface area contributed by atoms with Crippen LogP contribution in [0.3, 0.4) is 0 Å². The van der Waals surface area contributed by atoms with E-state index in [9.17, 15) is 4.79 Å². The second-order valence-corrected chi connectivity index (χ2v) is 4.49. The van der Waals surface area contributed by atoms with Gasteiger partial charge in [-0.2, -0.15) is 5.10 Å². The molecule has 19 heavy (non-hydrogen) atoms. The van der Waals surface area contributed by atoms with Crippen LogP contribution in [0.5, 0.6) is 5.75 Å². The smallest absolute Gasteiger partial charge is 0.240 e. The van der Waals surface area contributed by atoms with Gasteiger partial charge in [-0.25, -0.2) is 5.43 Å². The summed E-state index contributed by atoms with van der Waals surface area (Å²) < 4.78 is 5.23. The molecule has 4 nitrogen and oxygen atoms in total. The van der Waals surface area contributed by atoms with Crippen molar-refractivity contribution in [3.8, 4) is 5.75 Å². The van der Waals surface area contributed by atoms with Crippen molar-refractivity contribution in [1.29, 1.82) is 0 Å². The van der Waals surface area contributed by atoms with Gasteiger partial charge >= 0.3 is 0 Å². The van der Waals surface area contributed by atoms with Gasteiger partial charge in [0.2, 0.25) is 5.91 Å². The highest BCUT2D eigenvalue weighted by atomic mass is 16.5. The molecule has 0 atom stereocenters. The van der Waals surface area contributed by atoms with Crippen molar-refractivity contribution < 1.29 is 9.53 Å². The van der Waals surface area contributed by atoms with E-state index >= 15 is 0 Å². The van der Waals surface area contributed by atoms with Gasteiger partial charge in [-0.1, -0.05) is 24.3 Å². The first kappa shape index (κ1) is 11.7. The van der Waals surface area contributed by atoms with Crippen LogP contribution in [0.1, 0.15) is 18.4 Å². The van der Waals surface area contributed by atoms with E-state index in [0.717, 1.165) is 27.8 Å². The average Bonchev–Trinajstić information content (AvgIpc) is 2.47. The van der Waals surface area contributed by atoms with Gasteiger partial charge in [-0.15, -0.1) is 0 Å². The minimum atomic E-state index is -0.0225. The first-order chi connectivity index (χ1) is 9.28. The number of hydrazone groups is 1. The molecule has 0 saturated heterocycles. The zero-order valence-electron chi connectivity index (χ0n) is 10.6. The number of benzene rings is 2. The van der Waals surface area contributed by atoms with Gasteiger partial charge in [0.05, 0.1) is 12.8 Å². The lowest BCUT2D eigenvalue weighted by Gasteiger charge is -2.14. The number of carbonyl (C=O) groups excluding carboxylic acids is 1. The van der Waals surface area contributed by atoms with E-state index < -0.39 is 0 Å². The number of ether oxygens (including phenoxy) is 1. The third kappa shape index (κ3) is 2.17. The quantitative estimate of drug-likeness (QED) is 0.895. The van der Waals surface area contributed by atoms with Gasteiger partial charge in [-0.3, -0.25) is 4.79 Å². The Balaban J connectivity index is 2.11. The molecule has 1 aliphatic heterocycles. The van der Waals surface area contributed by atoms with Crippen molar-refractivity contribution in [2.75, 3.05) is 7.11 Å². The van der Waals surface area contributed by atoms with Crippen LogP contribution >= 0.6 is 0 Å². The van der Waals surface area contributed by atoms with Crippen molar-refractivity contribution in [3.05, 3.63) is 42.0 Å². The third-order valence-electron chi connectivity index (χ3n) is 3.30. The normalized spacial score (nSPS) is 15.0. The average molecular weight is 254 g/mol. The first-order valence-corrected chi connectivity index (χ1v) is 6.20. The van der Waals surface area contributed by atoms with E-state index in [1.165, 1.54) is 0 Å². The summed E-state index contributed by atoms with van der Waals surface area (Å²) in [6, 6.07) is 12.0. The largest absolute Gasteiger partial charge is 0.497 e. The number of methoxy groups -OCH3 is 1. The van der Waals surface area contributed by atoms with Gasteiger partial charge in [0.25, 0.3) is 0 Å². The molecule has 0 radical (unpaired) electrons. The highest BCUT2D eigenvalue weighted by molar-refractivity contribution is 6.12. The van der Waals surface area contributed by atoms with Crippen LogP contribution in [0.15, 0.2) is 41.5 Å². The van der Waals surface area contributed by atoms with Crippen LogP contribution in [-0.2, 0) is 4.79 Å². The Bertz CT molecular complexity index is 677. The van der Waals surface area contributed by atoms with Crippen LogP contribution in [0.2, 0.25) is 0 Å². The van der Waals surface area contributed by atoms with Crippen LogP contribution in [0, 0.1) is 0 Å². The van der Waals surface area contributed by atoms with Gasteiger partial charge in [-0.05, 0) is 22.9 Å². The van der Waals surface area contributed by atoms with Gasteiger partial charge in [0.1, 0.15) is 5.75 Å². The molecule has 0 aliphatic carbocycles. The zero-order valence-corrected chi connectivity index (χ0v) is 10.6. The molecule has 0 bridgehead atoms. The molecule has 0 saturated carbocycles. The maximum Gasteiger partial charge on any atom is 0.240 e. The number of nitrogens with zero attached hydrogens (tertiary/aromatic N) is 1. The highest BCUT2D eigenvalue weighted by Crippen LogP contribution is 2.25. The molecule has 4 heteroatoms. The van der Waals surface area contributed by atoms with Crippen molar-refractivity contribution in [2.24, 2.45) is 5.10 Å². The Morgan fingerprint density at radius 1 is 1.21 bits per heavy atom. The molecule has 1 amide bonds. The molecule has 0 spiro atoms. The van der Waals surface area contributed by atoms with Crippen molar-refractivity contribution >= 4 is 22.4 Å². The summed E-state index contributed by atoms with van der Waals surface area (Å²) in [4.78, 5) is 11.2. The molecular formula is C15H14N2O2. The lowest BCUT2D eigenvalue weighted by atomic mass is 9.97. The van der Waals surface area contributed by atoms with Gasteiger partial charge in [0, 0.05) is 18.4 Å². The monoisotopic (exact) mass is 254 g/mol. The summed E-state index contributed by atoms with van der Waals surface area (Å²) in [6.45, 7) is 0. The predicted molar refractivity (Wildman–Crippen MR) is 74.4 cm³/mol. The van der Waals surface area contributed by atoms with E-state index in [-0.39, 0.29) is 5.91 Å². The maximum atomic E-state index is 11.2. The SMILES string of the molecule is COc1ccc2c(C3=NNC(=O)CC3)cccc2c1. The van der Waals surface area contributed by atoms with Gasteiger partial charge in [0.15, 0.2) is 0 Å². The fourth-order valence-corrected chi connectivity index (χ4v) is 2.31. The number of rotatable bonds is 2. The summed E-state index contributed by atoms with van der Waals surface area (Å²) in [6.07, 6.45) is 1.17. The second kappa shape index (κ2) is 4.72. The number of hydrogen-bond acceptors (Lipinski definition) is 3. The van der Waals surface area contributed by atoms with Crippen LogP contribution in [0.4, 0.5) is 0 Å². The minimum Gasteiger partial charge on any atom is -0.497 e. The molecule has 0 unspecified atom stereocenters. The lowest BCUT2D eigenvalue weighted by molar-refractivity contribution is -0.121. The Morgan fingerprint density at radius 2 is 2.11 bits per heavy atom. The maximum absolute atomic E-state index is 11.2. The summed E-state index contributed by atoms with van der Waals surface area (Å²) in [5.41, 5.74) is 4.54. The van der Waals surface area contributed by atoms with Crippen LogP contribution in [0.25, 0.3) is 10.8 Å². The van der Waals surface area contributed by atoms with Gasteiger partial charge < -0.3 is 4.74 Å². The molecule has 1 heterocycles. The molecule has 2 aromatic rings. The molecule has 0 fully saturated rings.